The number of imidazole rings is 1. The number of benzene rings is 3. The van der Waals surface area contributed by atoms with Crippen LogP contribution in [-0.4, -0.2) is 63.1 Å². The van der Waals surface area contributed by atoms with Gasteiger partial charge in [-0.2, -0.15) is 0 Å². The van der Waals surface area contributed by atoms with Crippen LogP contribution in [0.5, 0.6) is 0 Å². The van der Waals surface area contributed by atoms with E-state index in [2.05, 4.69) is 76.2 Å². The molecule has 198 valence electrons. The fourth-order valence-electron chi connectivity index (χ4n) is 5.43. The number of alkyl halides is 1. The van der Waals surface area contributed by atoms with Crippen LogP contribution in [0.3, 0.4) is 0 Å². The summed E-state index contributed by atoms with van der Waals surface area (Å²) in [5, 5.41) is 2.30. The molecule has 3 aromatic carbocycles. The normalized spacial score (nSPS) is 15.1. The first-order valence-corrected chi connectivity index (χ1v) is 13.8. The van der Waals surface area contributed by atoms with E-state index >= 15 is 0 Å². The van der Waals surface area contributed by atoms with Gasteiger partial charge in [0.1, 0.15) is 5.50 Å². The molecule has 1 aliphatic rings. The zero-order valence-corrected chi connectivity index (χ0v) is 22.8. The van der Waals surface area contributed by atoms with Crippen molar-refractivity contribution in [2.75, 3.05) is 33.2 Å². The molecule has 39 heavy (non-hydrogen) atoms. The van der Waals surface area contributed by atoms with Crippen LogP contribution in [0.1, 0.15) is 27.1 Å². The van der Waals surface area contributed by atoms with Crippen LogP contribution < -0.4 is 0 Å². The predicted molar refractivity (Wildman–Crippen MR) is 157 cm³/mol. The number of piperazine rings is 1. The molecular formula is C32H32ClN5O. The summed E-state index contributed by atoms with van der Waals surface area (Å²) in [6.45, 7) is 3.79. The van der Waals surface area contributed by atoms with Gasteiger partial charge in [-0.15, -0.1) is 0 Å². The van der Waals surface area contributed by atoms with Crippen LogP contribution in [0.2, 0.25) is 0 Å². The molecular weight excluding hydrogens is 506 g/mol. The van der Waals surface area contributed by atoms with Crippen molar-refractivity contribution in [2.24, 2.45) is 0 Å². The van der Waals surface area contributed by atoms with Crippen molar-refractivity contribution in [2.45, 2.75) is 18.5 Å². The standard InChI is InChI=1S/C32H32ClN5O/c1-35-14-16-37(17-15-35)32(39)30-22-36(21-29(30)28-13-7-11-25-10-5-6-12-27(25)28)20-26-19-34-23-38(26)31(33)18-24-8-3-2-4-9-24/h2-13,19,21-23,31H,14-18,20H2,1H3. The van der Waals surface area contributed by atoms with Gasteiger partial charge >= 0.3 is 0 Å². The first kappa shape index (κ1) is 25.4. The second kappa shape index (κ2) is 11.1. The van der Waals surface area contributed by atoms with Crippen molar-refractivity contribution >= 4 is 28.3 Å². The molecule has 2 aromatic heterocycles. The lowest BCUT2D eigenvalue weighted by atomic mass is 9.97. The highest BCUT2D eigenvalue weighted by molar-refractivity contribution is 6.19. The van der Waals surface area contributed by atoms with Gasteiger partial charge in [0.05, 0.1) is 24.1 Å². The van der Waals surface area contributed by atoms with Crippen molar-refractivity contribution in [1.29, 1.82) is 0 Å². The van der Waals surface area contributed by atoms with Gasteiger partial charge in [0.2, 0.25) is 0 Å². The number of halogens is 1. The smallest absolute Gasteiger partial charge is 0.256 e. The van der Waals surface area contributed by atoms with Crippen LogP contribution in [0, 0.1) is 0 Å². The summed E-state index contributed by atoms with van der Waals surface area (Å²) < 4.78 is 4.12. The molecule has 1 unspecified atom stereocenters. The van der Waals surface area contributed by atoms with Crippen LogP contribution in [0.4, 0.5) is 0 Å². The molecule has 0 N–H and O–H groups in total. The van der Waals surface area contributed by atoms with E-state index in [1.807, 2.05) is 46.1 Å². The number of hydrogen-bond donors (Lipinski definition) is 0. The van der Waals surface area contributed by atoms with E-state index in [-0.39, 0.29) is 11.4 Å². The van der Waals surface area contributed by atoms with Gasteiger partial charge < -0.3 is 18.9 Å². The quantitative estimate of drug-likeness (QED) is 0.242. The van der Waals surface area contributed by atoms with E-state index in [1.165, 1.54) is 5.56 Å². The number of carbonyl (C=O) groups is 1. The van der Waals surface area contributed by atoms with Gasteiger partial charge in [-0.05, 0) is 28.9 Å². The third kappa shape index (κ3) is 5.35. The van der Waals surface area contributed by atoms with Gasteiger partial charge in [0, 0.05) is 56.8 Å². The summed E-state index contributed by atoms with van der Waals surface area (Å²) in [6.07, 6.45) is 8.45. The largest absolute Gasteiger partial charge is 0.347 e. The molecule has 7 heteroatoms. The topological polar surface area (TPSA) is 46.3 Å². The Labute approximate surface area is 234 Å². The van der Waals surface area contributed by atoms with Crippen LogP contribution >= 0.6 is 11.6 Å². The summed E-state index contributed by atoms with van der Waals surface area (Å²) in [7, 11) is 2.10. The highest BCUT2D eigenvalue weighted by atomic mass is 35.5. The molecule has 5 aromatic rings. The lowest BCUT2D eigenvalue weighted by Crippen LogP contribution is -2.47. The maximum Gasteiger partial charge on any atom is 0.256 e. The van der Waals surface area contributed by atoms with Crippen LogP contribution in [0.15, 0.2) is 97.7 Å². The Hall–Kier alpha value is -3.87. The second-order valence-electron chi connectivity index (χ2n) is 10.3. The third-order valence-corrected chi connectivity index (χ3v) is 7.98. The summed E-state index contributed by atoms with van der Waals surface area (Å²) in [5.74, 6) is 0.0811. The van der Waals surface area contributed by atoms with Crippen molar-refractivity contribution < 1.29 is 4.79 Å². The van der Waals surface area contributed by atoms with Gasteiger partial charge in [0.25, 0.3) is 5.91 Å². The number of rotatable bonds is 7. The molecule has 1 atom stereocenters. The fourth-order valence-corrected chi connectivity index (χ4v) is 5.78. The van der Waals surface area contributed by atoms with E-state index in [9.17, 15) is 4.79 Å². The number of amides is 1. The number of likely N-dealkylation sites (N-methyl/N-ethyl adjacent to an activating group) is 1. The Balaban J connectivity index is 1.35. The minimum absolute atomic E-state index is 0.0811. The fraction of sp³-hybridized carbons (Fsp3) is 0.250. The Morgan fingerprint density at radius 2 is 1.64 bits per heavy atom. The molecule has 0 aliphatic carbocycles. The molecule has 1 aliphatic heterocycles. The number of hydrogen-bond acceptors (Lipinski definition) is 3. The molecule has 6 nitrogen and oxygen atoms in total. The molecule has 0 saturated carbocycles. The first-order chi connectivity index (χ1) is 19.1. The molecule has 1 fully saturated rings. The van der Waals surface area contributed by atoms with E-state index < -0.39 is 0 Å². The van der Waals surface area contributed by atoms with Crippen LogP contribution in [0.25, 0.3) is 21.9 Å². The average molecular weight is 538 g/mol. The molecule has 0 bridgehead atoms. The summed E-state index contributed by atoms with van der Waals surface area (Å²) in [6, 6.07) is 24.9. The minimum Gasteiger partial charge on any atom is -0.347 e. The Morgan fingerprint density at radius 1 is 0.897 bits per heavy atom. The zero-order chi connectivity index (χ0) is 26.8. The van der Waals surface area contributed by atoms with E-state index in [0.717, 1.165) is 59.3 Å². The Morgan fingerprint density at radius 3 is 2.46 bits per heavy atom. The molecule has 0 spiro atoms. The summed E-state index contributed by atoms with van der Waals surface area (Å²) >= 11 is 6.86. The molecule has 1 amide bonds. The lowest BCUT2D eigenvalue weighted by Gasteiger charge is -2.32. The number of aromatic nitrogens is 3. The minimum atomic E-state index is -0.260. The van der Waals surface area contributed by atoms with E-state index in [1.54, 1.807) is 6.33 Å². The zero-order valence-electron chi connectivity index (χ0n) is 22.1. The van der Waals surface area contributed by atoms with Gasteiger partial charge in [-0.25, -0.2) is 4.98 Å². The number of carbonyl (C=O) groups excluding carboxylic acids is 1. The highest BCUT2D eigenvalue weighted by Crippen LogP contribution is 2.33. The second-order valence-corrected chi connectivity index (χ2v) is 10.8. The number of nitrogens with zero attached hydrogens (tertiary/aromatic N) is 5. The molecule has 1 saturated heterocycles. The highest BCUT2D eigenvalue weighted by Gasteiger charge is 2.25. The Kier molecular flexibility index (Phi) is 7.22. The maximum absolute atomic E-state index is 13.9. The molecule has 0 radical (unpaired) electrons. The van der Waals surface area contributed by atoms with Crippen molar-refractivity contribution in [3.63, 3.8) is 0 Å². The third-order valence-electron chi connectivity index (χ3n) is 7.62. The monoisotopic (exact) mass is 537 g/mol. The summed E-state index contributed by atoms with van der Waals surface area (Å²) in [4.78, 5) is 22.5. The maximum atomic E-state index is 13.9. The van der Waals surface area contributed by atoms with Crippen molar-refractivity contribution in [3.05, 3.63) is 115 Å². The van der Waals surface area contributed by atoms with Gasteiger partial charge in [0.15, 0.2) is 0 Å². The van der Waals surface area contributed by atoms with Gasteiger partial charge in [-0.1, -0.05) is 84.4 Å². The van der Waals surface area contributed by atoms with E-state index in [4.69, 9.17) is 11.6 Å². The van der Waals surface area contributed by atoms with Crippen LogP contribution in [-0.2, 0) is 13.0 Å². The lowest BCUT2D eigenvalue weighted by molar-refractivity contribution is 0.0665. The van der Waals surface area contributed by atoms with Gasteiger partial charge in [-0.3, -0.25) is 4.79 Å². The first-order valence-electron chi connectivity index (χ1n) is 13.4. The van der Waals surface area contributed by atoms with Crippen molar-refractivity contribution in [3.8, 4) is 11.1 Å². The Bertz CT molecular complexity index is 1580. The number of fused-ring (bicyclic) bond motifs is 1. The average Bonchev–Trinajstić information content (AvgIpc) is 3.61. The SMILES string of the molecule is CN1CCN(C(=O)c2cn(Cc3cncn3C(Cl)Cc3ccccc3)cc2-c2cccc3ccccc23)CC1. The van der Waals surface area contributed by atoms with Crippen molar-refractivity contribution in [1.82, 2.24) is 23.9 Å². The molecule has 3 heterocycles. The van der Waals surface area contributed by atoms with E-state index in [0.29, 0.717) is 13.0 Å². The summed E-state index contributed by atoms with van der Waals surface area (Å²) in [5.41, 5.74) is 4.66. The predicted octanol–water partition coefficient (Wildman–Crippen LogP) is 5.92. The molecule has 6 rings (SSSR count).